The molecule has 1 aromatic carbocycles. The van der Waals surface area contributed by atoms with Crippen LogP contribution in [0, 0.1) is 11.8 Å². The van der Waals surface area contributed by atoms with Gasteiger partial charge >= 0.3 is 0 Å². The summed E-state index contributed by atoms with van der Waals surface area (Å²) in [4.78, 5) is 12.4. The zero-order chi connectivity index (χ0) is 14.7. The molecule has 1 fully saturated rings. The number of ether oxygens (including phenoxy) is 1. The molecule has 1 saturated heterocycles. The van der Waals surface area contributed by atoms with Crippen molar-refractivity contribution in [3.8, 4) is 0 Å². The maximum Gasteiger partial charge on any atom is 0.230 e. The molecule has 110 valence electrons. The molecule has 0 aliphatic carbocycles. The number of aliphatic hydroxyl groups is 1. The number of amides is 1. The second-order valence-corrected chi connectivity index (χ2v) is 5.59. The van der Waals surface area contributed by atoms with Crippen LogP contribution < -0.4 is 5.32 Å². The Hall–Kier alpha value is -1.39. The van der Waals surface area contributed by atoms with Crippen molar-refractivity contribution in [2.24, 2.45) is 11.8 Å². The molecule has 0 aromatic heterocycles. The van der Waals surface area contributed by atoms with E-state index in [0.29, 0.717) is 6.42 Å². The minimum Gasteiger partial charge on any atom is -0.396 e. The van der Waals surface area contributed by atoms with E-state index >= 15 is 0 Å². The first-order valence-corrected chi connectivity index (χ1v) is 7.19. The van der Waals surface area contributed by atoms with Crippen LogP contribution in [0.4, 0.5) is 5.69 Å². The van der Waals surface area contributed by atoms with Gasteiger partial charge in [0.25, 0.3) is 0 Å². The fraction of sp³-hybridized carbons (Fsp3) is 0.562. The quantitative estimate of drug-likeness (QED) is 0.887. The number of benzene rings is 1. The molecule has 0 radical (unpaired) electrons. The number of carbonyl (C=O) groups excluding carboxylic acids is 1. The average Bonchev–Trinajstić information content (AvgIpc) is 2.66. The topological polar surface area (TPSA) is 58.6 Å². The lowest BCUT2D eigenvalue weighted by Gasteiger charge is -2.18. The minimum absolute atomic E-state index is 0.0178. The minimum atomic E-state index is -0.109. The Morgan fingerprint density at radius 2 is 1.85 bits per heavy atom. The molecule has 20 heavy (non-hydrogen) atoms. The van der Waals surface area contributed by atoms with Crippen LogP contribution in [0.15, 0.2) is 24.3 Å². The fourth-order valence-corrected chi connectivity index (χ4v) is 2.83. The first-order chi connectivity index (χ1) is 9.52. The van der Waals surface area contributed by atoms with Crippen LogP contribution >= 0.6 is 0 Å². The SMILES string of the molecule is CC1OC(C)C(C(=O)Nc2ccc(CCO)cc2)C1C. The zero-order valence-corrected chi connectivity index (χ0v) is 12.3. The molecule has 1 aliphatic heterocycles. The van der Waals surface area contributed by atoms with Crippen molar-refractivity contribution >= 4 is 11.6 Å². The second kappa shape index (κ2) is 6.37. The van der Waals surface area contributed by atoms with Crippen molar-refractivity contribution in [1.82, 2.24) is 0 Å². The number of hydrogen-bond acceptors (Lipinski definition) is 3. The maximum absolute atomic E-state index is 12.4. The Kier molecular flexibility index (Phi) is 4.78. The number of aliphatic hydroxyl groups excluding tert-OH is 1. The summed E-state index contributed by atoms with van der Waals surface area (Å²) in [5, 5.41) is 11.8. The summed E-state index contributed by atoms with van der Waals surface area (Å²) in [6.07, 6.45) is 0.706. The number of carbonyl (C=O) groups is 1. The van der Waals surface area contributed by atoms with Crippen LogP contribution in [0.2, 0.25) is 0 Å². The highest BCUT2D eigenvalue weighted by molar-refractivity contribution is 5.93. The molecular weight excluding hydrogens is 254 g/mol. The van der Waals surface area contributed by atoms with Gasteiger partial charge in [0.2, 0.25) is 5.91 Å². The van der Waals surface area contributed by atoms with Crippen LogP contribution in [0.1, 0.15) is 26.3 Å². The lowest BCUT2D eigenvalue weighted by atomic mass is 9.89. The van der Waals surface area contributed by atoms with Crippen molar-refractivity contribution < 1.29 is 14.6 Å². The van der Waals surface area contributed by atoms with Crippen molar-refractivity contribution in [1.29, 1.82) is 0 Å². The molecule has 2 N–H and O–H groups in total. The molecule has 4 heteroatoms. The fourth-order valence-electron chi connectivity index (χ4n) is 2.83. The number of nitrogens with one attached hydrogen (secondary N) is 1. The van der Waals surface area contributed by atoms with E-state index in [-0.39, 0.29) is 36.6 Å². The Bertz CT molecular complexity index is 457. The molecule has 0 saturated carbocycles. The predicted octanol–water partition coefficient (Wildman–Crippen LogP) is 2.22. The first kappa shape index (κ1) is 15.0. The third-order valence-electron chi connectivity index (χ3n) is 4.17. The van der Waals surface area contributed by atoms with E-state index < -0.39 is 0 Å². The standard InChI is InChI=1S/C16H23NO3/c1-10-11(2)20-12(3)15(10)16(19)17-14-6-4-13(5-7-14)8-9-18/h4-7,10-12,15,18H,8-9H2,1-3H3,(H,17,19). The Morgan fingerprint density at radius 3 is 2.35 bits per heavy atom. The van der Waals surface area contributed by atoms with E-state index in [1.54, 1.807) is 0 Å². The average molecular weight is 277 g/mol. The third-order valence-corrected chi connectivity index (χ3v) is 4.17. The molecule has 0 spiro atoms. The van der Waals surface area contributed by atoms with Crippen LogP contribution in [0.5, 0.6) is 0 Å². The van der Waals surface area contributed by atoms with Gasteiger partial charge in [-0.3, -0.25) is 4.79 Å². The molecule has 1 aliphatic rings. The molecule has 1 aromatic rings. The zero-order valence-electron chi connectivity index (χ0n) is 12.3. The summed E-state index contributed by atoms with van der Waals surface area (Å²) in [6, 6.07) is 7.59. The van der Waals surface area contributed by atoms with Gasteiger partial charge in [0.15, 0.2) is 0 Å². The van der Waals surface area contributed by atoms with Gasteiger partial charge in [0.1, 0.15) is 0 Å². The van der Waals surface area contributed by atoms with Gasteiger partial charge in [-0.1, -0.05) is 19.1 Å². The van der Waals surface area contributed by atoms with Gasteiger partial charge in [0, 0.05) is 12.3 Å². The van der Waals surface area contributed by atoms with Crippen molar-refractivity contribution in [2.45, 2.75) is 39.4 Å². The summed E-state index contributed by atoms with van der Waals surface area (Å²) in [7, 11) is 0. The van der Waals surface area contributed by atoms with E-state index in [4.69, 9.17) is 9.84 Å². The van der Waals surface area contributed by atoms with Crippen LogP contribution in [0.3, 0.4) is 0 Å². The van der Waals surface area contributed by atoms with Gasteiger partial charge in [-0.15, -0.1) is 0 Å². The lowest BCUT2D eigenvalue weighted by molar-refractivity contribution is -0.121. The van der Waals surface area contributed by atoms with Crippen LogP contribution in [-0.4, -0.2) is 29.8 Å². The van der Waals surface area contributed by atoms with Crippen LogP contribution in [-0.2, 0) is 16.0 Å². The second-order valence-electron chi connectivity index (χ2n) is 5.59. The summed E-state index contributed by atoms with van der Waals surface area (Å²) in [5.41, 5.74) is 1.85. The molecule has 4 unspecified atom stereocenters. The highest BCUT2D eigenvalue weighted by Gasteiger charge is 2.41. The number of anilines is 1. The van der Waals surface area contributed by atoms with Gasteiger partial charge in [-0.25, -0.2) is 0 Å². The highest BCUT2D eigenvalue weighted by Crippen LogP contribution is 2.32. The molecule has 1 amide bonds. The van der Waals surface area contributed by atoms with Gasteiger partial charge in [-0.2, -0.15) is 0 Å². The van der Waals surface area contributed by atoms with Gasteiger partial charge in [0.05, 0.1) is 18.1 Å². The van der Waals surface area contributed by atoms with E-state index in [1.165, 1.54) is 0 Å². The van der Waals surface area contributed by atoms with E-state index in [1.807, 2.05) is 38.1 Å². The number of rotatable bonds is 4. The van der Waals surface area contributed by atoms with Crippen molar-refractivity contribution in [3.63, 3.8) is 0 Å². The molecule has 4 nitrogen and oxygen atoms in total. The highest BCUT2D eigenvalue weighted by atomic mass is 16.5. The Morgan fingerprint density at radius 1 is 1.20 bits per heavy atom. The van der Waals surface area contributed by atoms with Gasteiger partial charge in [-0.05, 0) is 43.9 Å². The lowest BCUT2D eigenvalue weighted by Crippen LogP contribution is -2.31. The van der Waals surface area contributed by atoms with Crippen molar-refractivity contribution in [2.75, 3.05) is 11.9 Å². The van der Waals surface area contributed by atoms with Gasteiger partial charge < -0.3 is 15.2 Å². The number of hydrogen-bond donors (Lipinski definition) is 2. The first-order valence-electron chi connectivity index (χ1n) is 7.19. The summed E-state index contributed by atoms with van der Waals surface area (Å²) in [5.74, 6) is 0.130. The summed E-state index contributed by atoms with van der Waals surface area (Å²) in [6.45, 7) is 6.16. The van der Waals surface area contributed by atoms with Crippen LogP contribution in [0.25, 0.3) is 0 Å². The van der Waals surface area contributed by atoms with E-state index in [2.05, 4.69) is 12.2 Å². The predicted molar refractivity (Wildman–Crippen MR) is 78.5 cm³/mol. The maximum atomic E-state index is 12.4. The van der Waals surface area contributed by atoms with Crippen molar-refractivity contribution in [3.05, 3.63) is 29.8 Å². The normalized spacial score (nSPS) is 29.4. The largest absolute Gasteiger partial charge is 0.396 e. The molecular formula is C16H23NO3. The molecule has 0 bridgehead atoms. The summed E-state index contributed by atoms with van der Waals surface area (Å²) >= 11 is 0. The monoisotopic (exact) mass is 277 g/mol. The molecule has 2 rings (SSSR count). The van der Waals surface area contributed by atoms with E-state index in [9.17, 15) is 4.79 Å². The smallest absolute Gasteiger partial charge is 0.230 e. The van der Waals surface area contributed by atoms with E-state index in [0.717, 1.165) is 11.3 Å². The molecule has 4 atom stereocenters. The molecule has 1 heterocycles. The Balaban J connectivity index is 2.00. The third kappa shape index (κ3) is 3.19. The Labute approximate surface area is 120 Å². The summed E-state index contributed by atoms with van der Waals surface area (Å²) < 4.78 is 5.71.